The molecule has 0 aliphatic rings. The van der Waals surface area contributed by atoms with Crippen molar-refractivity contribution in [2.24, 2.45) is 0 Å². The number of aromatic nitrogens is 1. The van der Waals surface area contributed by atoms with Crippen molar-refractivity contribution in [1.82, 2.24) is 4.98 Å². The van der Waals surface area contributed by atoms with Gasteiger partial charge in [0.15, 0.2) is 0 Å². The Morgan fingerprint density at radius 2 is 2.04 bits per heavy atom. The Labute approximate surface area is 149 Å². The van der Waals surface area contributed by atoms with E-state index in [2.05, 4.69) is 10.3 Å². The number of carbonyl (C=O) groups is 2. The molecular weight excluding hydrogens is 336 g/mol. The first-order valence-electron chi connectivity index (χ1n) is 7.76. The molecule has 2 aromatic heterocycles. The first-order chi connectivity index (χ1) is 12.2. The van der Waals surface area contributed by atoms with Crippen LogP contribution in [0.3, 0.4) is 0 Å². The third kappa shape index (κ3) is 3.92. The molecule has 5 nitrogen and oxygen atoms in total. The SMILES string of the molecule is CCOC(=O)c1cccc(NC(=O)c2cccnc2-c2cccs2)c1. The van der Waals surface area contributed by atoms with Gasteiger partial charge in [0, 0.05) is 11.9 Å². The summed E-state index contributed by atoms with van der Waals surface area (Å²) in [7, 11) is 0. The molecule has 1 aromatic carbocycles. The maximum atomic E-state index is 12.7. The number of ether oxygens (including phenoxy) is 1. The Hall–Kier alpha value is -2.99. The average Bonchev–Trinajstić information content (AvgIpc) is 3.17. The summed E-state index contributed by atoms with van der Waals surface area (Å²) in [5.74, 6) is -0.697. The maximum Gasteiger partial charge on any atom is 0.338 e. The fourth-order valence-corrected chi connectivity index (χ4v) is 3.07. The highest BCUT2D eigenvalue weighted by molar-refractivity contribution is 7.13. The van der Waals surface area contributed by atoms with Crippen molar-refractivity contribution in [2.75, 3.05) is 11.9 Å². The Kier molecular flexibility index (Phi) is 5.20. The second kappa shape index (κ2) is 7.72. The van der Waals surface area contributed by atoms with Gasteiger partial charge >= 0.3 is 5.97 Å². The number of hydrogen-bond donors (Lipinski definition) is 1. The number of nitrogens with zero attached hydrogens (tertiary/aromatic N) is 1. The number of rotatable bonds is 5. The summed E-state index contributed by atoms with van der Waals surface area (Å²) in [4.78, 5) is 29.7. The normalized spacial score (nSPS) is 10.3. The molecule has 0 bridgehead atoms. The summed E-state index contributed by atoms with van der Waals surface area (Å²) in [5, 5.41) is 4.75. The molecule has 0 aliphatic heterocycles. The molecule has 25 heavy (non-hydrogen) atoms. The highest BCUT2D eigenvalue weighted by Gasteiger charge is 2.15. The van der Waals surface area contributed by atoms with Crippen molar-refractivity contribution in [1.29, 1.82) is 0 Å². The number of thiophene rings is 1. The molecule has 126 valence electrons. The zero-order chi connectivity index (χ0) is 17.6. The van der Waals surface area contributed by atoms with Crippen molar-refractivity contribution >= 4 is 28.9 Å². The lowest BCUT2D eigenvalue weighted by Gasteiger charge is -2.09. The third-order valence-electron chi connectivity index (χ3n) is 3.44. The first kappa shape index (κ1) is 16.9. The molecule has 2 heterocycles. The minimum atomic E-state index is -0.417. The fourth-order valence-electron chi connectivity index (χ4n) is 2.33. The van der Waals surface area contributed by atoms with Crippen LogP contribution in [-0.2, 0) is 4.74 Å². The molecule has 1 N–H and O–H groups in total. The van der Waals surface area contributed by atoms with Crippen LogP contribution < -0.4 is 5.32 Å². The number of esters is 1. The maximum absolute atomic E-state index is 12.7. The Morgan fingerprint density at radius 3 is 2.80 bits per heavy atom. The molecule has 0 saturated heterocycles. The van der Waals surface area contributed by atoms with E-state index in [4.69, 9.17) is 4.74 Å². The van der Waals surface area contributed by atoms with Gasteiger partial charge in [0.25, 0.3) is 5.91 Å². The van der Waals surface area contributed by atoms with Crippen LogP contribution in [0.2, 0.25) is 0 Å². The van der Waals surface area contributed by atoms with Crippen molar-refractivity contribution < 1.29 is 14.3 Å². The largest absolute Gasteiger partial charge is 0.462 e. The van der Waals surface area contributed by atoms with E-state index in [0.29, 0.717) is 29.1 Å². The number of benzene rings is 1. The second-order valence-corrected chi connectivity index (χ2v) is 6.08. The van der Waals surface area contributed by atoms with E-state index in [1.54, 1.807) is 49.5 Å². The molecular formula is C19H16N2O3S. The molecule has 0 fully saturated rings. The highest BCUT2D eigenvalue weighted by Crippen LogP contribution is 2.26. The van der Waals surface area contributed by atoms with E-state index < -0.39 is 5.97 Å². The number of nitrogens with one attached hydrogen (secondary N) is 1. The van der Waals surface area contributed by atoms with Crippen LogP contribution >= 0.6 is 11.3 Å². The standard InChI is InChI=1S/C19H16N2O3S/c1-2-24-19(23)13-6-3-7-14(12-13)21-18(22)15-8-4-10-20-17(15)16-9-5-11-25-16/h3-12H,2H2,1H3,(H,21,22). The number of carbonyl (C=O) groups excluding carboxylic acids is 2. The van der Waals surface area contributed by atoms with E-state index in [1.165, 1.54) is 11.3 Å². The monoisotopic (exact) mass is 352 g/mol. The summed E-state index contributed by atoms with van der Waals surface area (Å²) in [6.45, 7) is 2.05. The fraction of sp³-hybridized carbons (Fsp3) is 0.105. The molecule has 0 spiro atoms. The molecule has 0 unspecified atom stereocenters. The lowest BCUT2D eigenvalue weighted by Crippen LogP contribution is -2.14. The minimum absolute atomic E-state index is 0.280. The van der Waals surface area contributed by atoms with Gasteiger partial charge in [0.2, 0.25) is 0 Å². The Balaban J connectivity index is 1.84. The van der Waals surface area contributed by atoms with Crippen LogP contribution in [0.4, 0.5) is 5.69 Å². The van der Waals surface area contributed by atoms with Crippen LogP contribution in [0.25, 0.3) is 10.6 Å². The minimum Gasteiger partial charge on any atom is -0.462 e. The van der Waals surface area contributed by atoms with Gasteiger partial charge in [-0.1, -0.05) is 12.1 Å². The molecule has 0 aliphatic carbocycles. The number of amides is 1. The van der Waals surface area contributed by atoms with Crippen LogP contribution in [-0.4, -0.2) is 23.5 Å². The van der Waals surface area contributed by atoms with E-state index >= 15 is 0 Å². The predicted molar refractivity (Wildman–Crippen MR) is 97.9 cm³/mol. The topological polar surface area (TPSA) is 68.3 Å². The summed E-state index contributed by atoms with van der Waals surface area (Å²) in [5.41, 5.74) is 2.03. The van der Waals surface area contributed by atoms with Crippen molar-refractivity contribution in [3.63, 3.8) is 0 Å². The Morgan fingerprint density at radius 1 is 1.16 bits per heavy atom. The third-order valence-corrected chi connectivity index (χ3v) is 4.32. The van der Waals surface area contributed by atoms with Gasteiger partial charge in [-0.2, -0.15) is 0 Å². The molecule has 0 saturated carbocycles. The van der Waals surface area contributed by atoms with Gasteiger partial charge in [-0.05, 0) is 48.7 Å². The van der Waals surface area contributed by atoms with Crippen LogP contribution in [0.5, 0.6) is 0 Å². The van der Waals surface area contributed by atoms with E-state index in [9.17, 15) is 9.59 Å². The van der Waals surface area contributed by atoms with E-state index in [0.717, 1.165) is 4.88 Å². The van der Waals surface area contributed by atoms with Crippen LogP contribution in [0.1, 0.15) is 27.6 Å². The molecule has 6 heteroatoms. The number of pyridine rings is 1. The average molecular weight is 352 g/mol. The second-order valence-electron chi connectivity index (χ2n) is 5.13. The highest BCUT2D eigenvalue weighted by atomic mass is 32.1. The molecule has 1 amide bonds. The van der Waals surface area contributed by atoms with Crippen molar-refractivity contribution in [3.8, 4) is 10.6 Å². The number of hydrogen-bond acceptors (Lipinski definition) is 5. The van der Waals surface area contributed by atoms with E-state index in [-0.39, 0.29) is 5.91 Å². The molecule has 0 radical (unpaired) electrons. The smallest absolute Gasteiger partial charge is 0.338 e. The molecule has 3 aromatic rings. The molecule has 3 rings (SSSR count). The van der Waals surface area contributed by atoms with Crippen LogP contribution in [0, 0.1) is 0 Å². The van der Waals surface area contributed by atoms with Gasteiger partial charge in [-0.3, -0.25) is 9.78 Å². The Bertz CT molecular complexity index is 891. The quantitative estimate of drug-likeness (QED) is 0.698. The molecule has 0 atom stereocenters. The van der Waals surface area contributed by atoms with Gasteiger partial charge < -0.3 is 10.1 Å². The number of anilines is 1. The van der Waals surface area contributed by atoms with Gasteiger partial charge in [-0.15, -0.1) is 11.3 Å². The lowest BCUT2D eigenvalue weighted by atomic mass is 10.1. The summed E-state index contributed by atoms with van der Waals surface area (Å²) in [6.07, 6.45) is 1.66. The van der Waals surface area contributed by atoms with Crippen molar-refractivity contribution in [2.45, 2.75) is 6.92 Å². The summed E-state index contributed by atoms with van der Waals surface area (Å²) >= 11 is 1.52. The summed E-state index contributed by atoms with van der Waals surface area (Å²) < 4.78 is 4.98. The van der Waals surface area contributed by atoms with Gasteiger partial charge in [-0.25, -0.2) is 4.79 Å². The lowest BCUT2D eigenvalue weighted by molar-refractivity contribution is 0.0526. The van der Waals surface area contributed by atoms with Crippen molar-refractivity contribution in [3.05, 3.63) is 71.2 Å². The predicted octanol–water partition coefficient (Wildman–Crippen LogP) is 4.24. The summed E-state index contributed by atoms with van der Waals surface area (Å²) in [6, 6.07) is 14.0. The first-order valence-corrected chi connectivity index (χ1v) is 8.64. The van der Waals surface area contributed by atoms with Gasteiger partial charge in [0.05, 0.1) is 28.3 Å². The van der Waals surface area contributed by atoms with E-state index in [1.807, 2.05) is 17.5 Å². The zero-order valence-electron chi connectivity index (χ0n) is 13.6. The van der Waals surface area contributed by atoms with Gasteiger partial charge in [0.1, 0.15) is 0 Å². The van der Waals surface area contributed by atoms with Crippen LogP contribution in [0.15, 0.2) is 60.1 Å². The zero-order valence-corrected chi connectivity index (χ0v) is 14.4.